The molecule has 10 heteroatoms. The quantitative estimate of drug-likeness (QED) is 0.334. The third kappa shape index (κ3) is 4.62. The largest absolute Gasteiger partial charge is 0.497 e. The lowest BCUT2D eigenvalue weighted by molar-refractivity contribution is -0.384. The zero-order valence-corrected chi connectivity index (χ0v) is 17.3. The van der Waals surface area contributed by atoms with E-state index in [2.05, 4.69) is 10.2 Å². The van der Waals surface area contributed by atoms with E-state index in [0.29, 0.717) is 17.9 Å². The number of nitro groups is 1. The Bertz CT molecular complexity index is 1270. The summed E-state index contributed by atoms with van der Waals surface area (Å²) in [6, 6.07) is 14.5. The molecule has 2 aromatic carbocycles. The molecule has 0 fully saturated rings. The summed E-state index contributed by atoms with van der Waals surface area (Å²) < 4.78 is 6.21. The zero-order valence-electron chi connectivity index (χ0n) is 17.3. The average Bonchev–Trinajstić information content (AvgIpc) is 2.80. The smallest absolute Gasteiger partial charge is 0.281 e. The molecule has 0 amide bonds. The molecule has 0 saturated carbocycles. The summed E-state index contributed by atoms with van der Waals surface area (Å²) in [5, 5.41) is 38.7. The highest BCUT2D eigenvalue weighted by molar-refractivity contribution is 5.57. The number of ether oxygens (including phenoxy) is 1. The van der Waals surface area contributed by atoms with Crippen molar-refractivity contribution in [3.05, 3.63) is 85.7 Å². The van der Waals surface area contributed by atoms with Crippen molar-refractivity contribution < 1.29 is 14.8 Å². The van der Waals surface area contributed by atoms with Crippen molar-refractivity contribution in [2.75, 3.05) is 7.11 Å². The molecule has 3 aromatic rings. The van der Waals surface area contributed by atoms with Gasteiger partial charge in [0.15, 0.2) is 5.69 Å². The molecule has 0 radical (unpaired) electrons. The SMILES string of the molecule is COc1ccc(CCn2c(O)c(C#N)c(C)c(N=Nc3ccc([N+](=O)[O-])cc3)c2=O)cc1. The van der Waals surface area contributed by atoms with Crippen molar-refractivity contribution in [1.82, 2.24) is 4.57 Å². The van der Waals surface area contributed by atoms with Crippen LogP contribution < -0.4 is 10.3 Å². The predicted molar refractivity (Wildman–Crippen MR) is 116 cm³/mol. The number of aryl methyl sites for hydroxylation is 1. The number of nitro benzene ring substituents is 1. The van der Waals surface area contributed by atoms with E-state index in [1.54, 1.807) is 19.2 Å². The number of pyridine rings is 1. The second kappa shape index (κ2) is 9.53. The van der Waals surface area contributed by atoms with E-state index in [0.717, 1.165) is 10.1 Å². The number of rotatable bonds is 7. The van der Waals surface area contributed by atoms with Gasteiger partial charge in [-0.2, -0.15) is 10.4 Å². The Balaban J connectivity index is 1.94. The van der Waals surface area contributed by atoms with Crippen LogP contribution in [0.5, 0.6) is 11.6 Å². The molecular formula is C22H19N5O5. The molecule has 0 unspecified atom stereocenters. The molecule has 0 saturated heterocycles. The summed E-state index contributed by atoms with van der Waals surface area (Å²) in [6.07, 6.45) is 0.421. The van der Waals surface area contributed by atoms with Gasteiger partial charge < -0.3 is 9.84 Å². The van der Waals surface area contributed by atoms with Gasteiger partial charge in [0.2, 0.25) is 5.88 Å². The maximum atomic E-state index is 13.0. The maximum Gasteiger partial charge on any atom is 0.281 e. The summed E-state index contributed by atoms with van der Waals surface area (Å²) in [5.74, 6) is 0.266. The van der Waals surface area contributed by atoms with Gasteiger partial charge in [0.1, 0.15) is 17.4 Å². The van der Waals surface area contributed by atoms with Gasteiger partial charge in [0, 0.05) is 24.2 Å². The van der Waals surface area contributed by atoms with E-state index in [4.69, 9.17) is 4.74 Å². The van der Waals surface area contributed by atoms with Gasteiger partial charge in [-0.1, -0.05) is 12.1 Å². The lowest BCUT2D eigenvalue weighted by atomic mass is 10.1. The topological polar surface area (TPSA) is 143 Å². The number of hydrogen-bond acceptors (Lipinski definition) is 8. The van der Waals surface area contributed by atoms with Gasteiger partial charge >= 0.3 is 0 Å². The van der Waals surface area contributed by atoms with E-state index in [-0.39, 0.29) is 29.0 Å². The molecule has 10 nitrogen and oxygen atoms in total. The van der Waals surface area contributed by atoms with Crippen LogP contribution in [0.25, 0.3) is 0 Å². The molecule has 1 N–H and O–H groups in total. The van der Waals surface area contributed by atoms with Crippen LogP contribution in [-0.2, 0) is 13.0 Å². The Kier molecular flexibility index (Phi) is 6.60. The summed E-state index contributed by atoms with van der Waals surface area (Å²) >= 11 is 0. The second-order valence-corrected chi connectivity index (χ2v) is 6.81. The Labute approximate surface area is 182 Å². The maximum absolute atomic E-state index is 13.0. The first-order valence-electron chi connectivity index (χ1n) is 9.51. The monoisotopic (exact) mass is 433 g/mol. The average molecular weight is 433 g/mol. The van der Waals surface area contributed by atoms with E-state index in [1.807, 2.05) is 18.2 Å². The Morgan fingerprint density at radius 3 is 2.38 bits per heavy atom. The number of nitrogens with zero attached hydrogens (tertiary/aromatic N) is 5. The Hall–Kier alpha value is -4.52. The summed E-state index contributed by atoms with van der Waals surface area (Å²) in [4.78, 5) is 23.2. The molecule has 162 valence electrons. The van der Waals surface area contributed by atoms with Crippen molar-refractivity contribution in [2.45, 2.75) is 19.9 Å². The fraction of sp³-hybridized carbons (Fsp3) is 0.182. The number of azo groups is 1. The fourth-order valence-corrected chi connectivity index (χ4v) is 3.05. The number of methoxy groups -OCH3 is 1. The summed E-state index contributed by atoms with van der Waals surface area (Å²) in [5.41, 5.74) is 0.539. The number of non-ortho nitro benzene ring substituents is 1. The normalized spacial score (nSPS) is 10.8. The van der Waals surface area contributed by atoms with E-state index in [1.165, 1.54) is 31.2 Å². The third-order valence-corrected chi connectivity index (χ3v) is 4.88. The molecule has 1 aromatic heterocycles. The van der Waals surface area contributed by atoms with E-state index < -0.39 is 16.4 Å². The first kappa shape index (κ1) is 22.2. The van der Waals surface area contributed by atoms with Crippen LogP contribution in [0.1, 0.15) is 16.7 Å². The van der Waals surface area contributed by atoms with Crippen molar-refractivity contribution in [1.29, 1.82) is 5.26 Å². The van der Waals surface area contributed by atoms with Crippen molar-refractivity contribution in [3.63, 3.8) is 0 Å². The zero-order chi connectivity index (χ0) is 23.3. The lowest BCUT2D eigenvalue weighted by Crippen LogP contribution is -2.22. The van der Waals surface area contributed by atoms with Crippen LogP contribution in [0.4, 0.5) is 17.1 Å². The van der Waals surface area contributed by atoms with Crippen LogP contribution >= 0.6 is 0 Å². The van der Waals surface area contributed by atoms with Gasteiger partial charge in [-0.3, -0.25) is 19.5 Å². The summed E-state index contributed by atoms with van der Waals surface area (Å²) in [6.45, 7) is 1.61. The first-order chi connectivity index (χ1) is 15.3. The van der Waals surface area contributed by atoms with E-state index in [9.17, 15) is 25.3 Å². The van der Waals surface area contributed by atoms with Crippen LogP contribution in [0.2, 0.25) is 0 Å². The van der Waals surface area contributed by atoms with Gasteiger partial charge in [-0.15, -0.1) is 5.11 Å². The van der Waals surface area contributed by atoms with Crippen LogP contribution in [0.3, 0.4) is 0 Å². The minimum absolute atomic E-state index is 0.0722. The van der Waals surface area contributed by atoms with Gasteiger partial charge in [0.25, 0.3) is 11.2 Å². The van der Waals surface area contributed by atoms with Gasteiger partial charge in [0.05, 0.1) is 17.7 Å². The molecule has 0 spiro atoms. The Morgan fingerprint density at radius 1 is 1.16 bits per heavy atom. The van der Waals surface area contributed by atoms with E-state index >= 15 is 0 Å². The fourth-order valence-electron chi connectivity index (χ4n) is 3.05. The molecule has 0 bridgehead atoms. The number of hydrogen-bond donors (Lipinski definition) is 1. The number of benzene rings is 2. The molecule has 0 aliphatic heterocycles. The lowest BCUT2D eigenvalue weighted by Gasteiger charge is -2.13. The molecule has 0 aliphatic rings. The summed E-state index contributed by atoms with van der Waals surface area (Å²) in [7, 11) is 1.56. The first-order valence-corrected chi connectivity index (χ1v) is 9.51. The van der Waals surface area contributed by atoms with Gasteiger partial charge in [-0.05, 0) is 43.2 Å². The molecule has 0 atom stereocenters. The van der Waals surface area contributed by atoms with Crippen molar-refractivity contribution in [2.24, 2.45) is 10.2 Å². The molecule has 1 heterocycles. The number of aromatic hydroxyl groups is 1. The molecular weight excluding hydrogens is 414 g/mol. The standard InChI is InChI=1S/C22H19N5O5/c1-14-19(13-23)21(28)26(12-11-15-3-9-18(32-2)10-4-15)22(29)20(14)25-24-16-5-7-17(8-6-16)27(30)31/h3-10,28H,11-12H2,1-2H3. The second-order valence-electron chi connectivity index (χ2n) is 6.81. The van der Waals surface area contributed by atoms with Crippen LogP contribution in [0, 0.1) is 28.4 Å². The van der Waals surface area contributed by atoms with Crippen molar-refractivity contribution >= 4 is 17.1 Å². The molecule has 3 rings (SSSR count). The predicted octanol–water partition coefficient (Wildman–Crippen LogP) is 4.31. The highest BCUT2D eigenvalue weighted by atomic mass is 16.6. The third-order valence-electron chi connectivity index (χ3n) is 4.88. The van der Waals surface area contributed by atoms with Crippen LogP contribution in [0.15, 0.2) is 63.6 Å². The van der Waals surface area contributed by atoms with Crippen LogP contribution in [-0.4, -0.2) is 21.7 Å². The Morgan fingerprint density at radius 2 is 1.81 bits per heavy atom. The van der Waals surface area contributed by atoms with Crippen molar-refractivity contribution in [3.8, 4) is 17.7 Å². The highest BCUT2D eigenvalue weighted by Gasteiger charge is 2.19. The molecule has 0 aliphatic carbocycles. The molecule has 32 heavy (non-hydrogen) atoms. The minimum atomic E-state index is -0.599. The van der Waals surface area contributed by atoms with Gasteiger partial charge in [-0.25, -0.2) is 0 Å². The highest BCUT2D eigenvalue weighted by Crippen LogP contribution is 2.27. The minimum Gasteiger partial charge on any atom is -0.497 e. The number of nitriles is 1. The number of aromatic nitrogens is 1.